The minimum absolute atomic E-state index is 0.792. The maximum Gasteiger partial charge on any atom is 0.159 e. The van der Waals surface area contributed by atoms with E-state index in [-0.39, 0.29) is 0 Å². The van der Waals surface area contributed by atoms with E-state index < -0.39 is 0 Å². The molecule has 0 aliphatic carbocycles. The summed E-state index contributed by atoms with van der Waals surface area (Å²) in [7, 11) is 0. The van der Waals surface area contributed by atoms with Crippen LogP contribution in [-0.2, 0) is 13.1 Å². The Morgan fingerprint density at radius 2 is 1.77 bits per heavy atom. The van der Waals surface area contributed by atoms with Gasteiger partial charge in [-0.3, -0.25) is 4.99 Å². The molecule has 0 amide bonds. The molecule has 0 saturated heterocycles. The predicted octanol–water partition coefficient (Wildman–Crippen LogP) is 4.84. The molecule has 22 heavy (non-hydrogen) atoms. The molecule has 0 fully saturated rings. The number of thioether (sulfide) groups is 1. The van der Waals surface area contributed by atoms with Gasteiger partial charge in [-0.1, -0.05) is 71.9 Å². The van der Waals surface area contributed by atoms with Crippen LogP contribution in [0.3, 0.4) is 0 Å². The maximum absolute atomic E-state index is 6.34. The molecule has 0 atom stereocenters. The van der Waals surface area contributed by atoms with Gasteiger partial charge in [-0.25, -0.2) is 0 Å². The number of nitrogens with zero attached hydrogens (tertiary/aromatic N) is 2. The highest BCUT2D eigenvalue weighted by atomic mass is 35.5. The van der Waals surface area contributed by atoms with Crippen LogP contribution in [0.2, 0.25) is 5.02 Å². The van der Waals surface area contributed by atoms with E-state index in [1.165, 1.54) is 12.0 Å². The molecule has 2 aromatic carbocycles. The van der Waals surface area contributed by atoms with Crippen molar-refractivity contribution < 1.29 is 0 Å². The quantitative estimate of drug-likeness (QED) is 0.797. The van der Waals surface area contributed by atoms with Crippen LogP contribution in [0.25, 0.3) is 0 Å². The third-order valence-corrected chi connectivity index (χ3v) is 5.09. The van der Waals surface area contributed by atoms with E-state index >= 15 is 0 Å². The average Bonchev–Trinajstić information content (AvgIpc) is 2.58. The minimum Gasteiger partial charge on any atom is -0.343 e. The van der Waals surface area contributed by atoms with Crippen molar-refractivity contribution in [2.24, 2.45) is 4.99 Å². The monoisotopic (exact) mass is 330 g/mol. The molecule has 114 valence electrons. The highest BCUT2D eigenvalue weighted by molar-refractivity contribution is 8.13. The number of amidine groups is 1. The largest absolute Gasteiger partial charge is 0.343 e. The molecule has 1 aliphatic rings. The van der Waals surface area contributed by atoms with E-state index in [1.807, 2.05) is 30.0 Å². The summed E-state index contributed by atoms with van der Waals surface area (Å²) in [5.74, 6) is 1.15. The van der Waals surface area contributed by atoms with E-state index in [9.17, 15) is 0 Å². The SMILES string of the molecule is Clc1ccccc1CN(Cc1ccccc1)C1=NCCCS1. The van der Waals surface area contributed by atoms with Crippen molar-refractivity contribution in [2.45, 2.75) is 19.5 Å². The standard InChI is InChI=1S/C18H19ClN2S/c19-17-10-5-4-9-16(17)14-21(18-20-11-6-12-22-18)13-15-7-2-1-3-8-15/h1-5,7-10H,6,11-14H2. The van der Waals surface area contributed by atoms with Crippen molar-refractivity contribution in [1.29, 1.82) is 0 Å². The molecule has 1 heterocycles. The third-order valence-electron chi connectivity index (χ3n) is 3.59. The molecule has 0 N–H and O–H groups in total. The topological polar surface area (TPSA) is 15.6 Å². The van der Waals surface area contributed by atoms with E-state index in [4.69, 9.17) is 16.6 Å². The fourth-order valence-electron chi connectivity index (χ4n) is 2.47. The summed E-state index contributed by atoms with van der Waals surface area (Å²) in [6, 6.07) is 18.6. The predicted molar refractivity (Wildman–Crippen MR) is 96.5 cm³/mol. The molecule has 2 nitrogen and oxygen atoms in total. The van der Waals surface area contributed by atoms with Crippen molar-refractivity contribution in [2.75, 3.05) is 12.3 Å². The Morgan fingerprint density at radius 3 is 2.50 bits per heavy atom. The Morgan fingerprint density at radius 1 is 1.00 bits per heavy atom. The highest BCUT2D eigenvalue weighted by Crippen LogP contribution is 2.23. The van der Waals surface area contributed by atoms with Gasteiger partial charge in [-0.05, 0) is 23.6 Å². The summed E-state index contributed by atoms with van der Waals surface area (Å²) >= 11 is 8.19. The average molecular weight is 331 g/mol. The van der Waals surface area contributed by atoms with Gasteiger partial charge in [-0.2, -0.15) is 0 Å². The number of benzene rings is 2. The molecule has 3 rings (SSSR count). The Labute approximate surface area is 141 Å². The van der Waals surface area contributed by atoms with Crippen LogP contribution < -0.4 is 0 Å². The second-order valence-corrected chi connectivity index (χ2v) is 6.77. The molecular weight excluding hydrogens is 312 g/mol. The molecule has 0 saturated carbocycles. The summed E-state index contributed by atoms with van der Waals surface area (Å²) < 4.78 is 0. The molecule has 1 aliphatic heterocycles. The zero-order valence-corrected chi connectivity index (χ0v) is 14.0. The van der Waals surface area contributed by atoms with Gasteiger partial charge in [0.05, 0.1) is 0 Å². The Kier molecular flexibility index (Phi) is 5.41. The smallest absolute Gasteiger partial charge is 0.159 e. The number of hydrogen-bond donors (Lipinski definition) is 0. The lowest BCUT2D eigenvalue weighted by molar-refractivity contribution is 0.412. The molecule has 0 bridgehead atoms. The fourth-order valence-corrected chi connectivity index (χ4v) is 3.61. The van der Waals surface area contributed by atoms with Crippen molar-refractivity contribution in [3.05, 3.63) is 70.7 Å². The Balaban J connectivity index is 1.82. The Bertz CT molecular complexity index is 643. The lowest BCUT2D eigenvalue weighted by atomic mass is 10.2. The molecule has 0 unspecified atom stereocenters. The molecule has 2 aromatic rings. The van der Waals surface area contributed by atoms with Gasteiger partial charge in [0.2, 0.25) is 0 Å². The lowest BCUT2D eigenvalue weighted by Gasteiger charge is -2.28. The zero-order chi connectivity index (χ0) is 15.2. The van der Waals surface area contributed by atoms with Crippen molar-refractivity contribution in [3.8, 4) is 0 Å². The van der Waals surface area contributed by atoms with E-state index in [0.717, 1.165) is 41.1 Å². The molecule has 0 aromatic heterocycles. The highest BCUT2D eigenvalue weighted by Gasteiger charge is 2.16. The number of rotatable bonds is 4. The lowest BCUT2D eigenvalue weighted by Crippen LogP contribution is -2.30. The van der Waals surface area contributed by atoms with E-state index in [0.29, 0.717) is 0 Å². The van der Waals surface area contributed by atoms with Crippen LogP contribution in [0, 0.1) is 0 Å². The maximum atomic E-state index is 6.34. The molecule has 0 radical (unpaired) electrons. The van der Waals surface area contributed by atoms with Gasteiger partial charge in [-0.15, -0.1) is 0 Å². The first kappa shape index (κ1) is 15.4. The Hall–Kier alpha value is -1.45. The van der Waals surface area contributed by atoms with Crippen LogP contribution in [0.4, 0.5) is 0 Å². The van der Waals surface area contributed by atoms with Gasteiger partial charge in [0.25, 0.3) is 0 Å². The van der Waals surface area contributed by atoms with Crippen LogP contribution in [0.1, 0.15) is 17.5 Å². The summed E-state index contributed by atoms with van der Waals surface area (Å²) in [5, 5.41) is 1.96. The van der Waals surface area contributed by atoms with Crippen molar-refractivity contribution in [1.82, 2.24) is 4.90 Å². The van der Waals surface area contributed by atoms with Crippen LogP contribution in [0.15, 0.2) is 59.6 Å². The van der Waals surface area contributed by atoms with Gasteiger partial charge >= 0.3 is 0 Å². The second kappa shape index (κ2) is 7.70. The van der Waals surface area contributed by atoms with Gasteiger partial charge in [0.1, 0.15) is 0 Å². The van der Waals surface area contributed by atoms with E-state index in [2.05, 4.69) is 41.3 Å². The first-order valence-corrected chi connectivity index (χ1v) is 8.89. The van der Waals surface area contributed by atoms with Crippen LogP contribution >= 0.6 is 23.4 Å². The first-order valence-electron chi connectivity index (χ1n) is 7.52. The normalized spacial score (nSPS) is 14.5. The number of halogens is 1. The summed E-state index contributed by atoms with van der Waals surface area (Å²) in [4.78, 5) is 7.05. The van der Waals surface area contributed by atoms with Crippen LogP contribution in [-0.4, -0.2) is 22.4 Å². The summed E-state index contributed by atoms with van der Waals surface area (Å²) in [6.07, 6.45) is 1.17. The third kappa shape index (κ3) is 4.05. The minimum atomic E-state index is 0.792. The number of aliphatic imine (C=N–C) groups is 1. The molecule has 0 spiro atoms. The van der Waals surface area contributed by atoms with E-state index in [1.54, 1.807) is 0 Å². The van der Waals surface area contributed by atoms with Gasteiger partial charge < -0.3 is 4.90 Å². The van der Waals surface area contributed by atoms with Crippen molar-refractivity contribution >= 4 is 28.5 Å². The van der Waals surface area contributed by atoms with Crippen LogP contribution in [0.5, 0.6) is 0 Å². The molecular formula is C18H19ClN2S. The van der Waals surface area contributed by atoms with Crippen molar-refractivity contribution in [3.63, 3.8) is 0 Å². The van der Waals surface area contributed by atoms with Gasteiger partial charge in [0.15, 0.2) is 5.17 Å². The molecule has 4 heteroatoms. The first-order chi connectivity index (χ1) is 10.8. The zero-order valence-electron chi connectivity index (χ0n) is 12.4. The summed E-state index contributed by atoms with van der Waals surface area (Å²) in [6.45, 7) is 2.58. The fraction of sp³-hybridized carbons (Fsp3) is 0.278. The summed E-state index contributed by atoms with van der Waals surface area (Å²) in [5.41, 5.74) is 2.44. The second-order valence-electron chi connectivity index (χ2n) is 5.30. The van der Waals surface area contributed by atoms with Gasteiger partial charge in [0, 0.05) is 30.4 Å². The number of hydrogen-bond acceptors (Lipinski definition) is 3.